The molecule has 14 heavy (non-hydrogen) atoms. The van der Waals surface area contributed by atoms with Gasteiger partial charge in [-0.05, 0) is 18.2 Å². The first kappa shape index (κ1) is 8.87. The van der Waals surface area contributed by atoms with Gasteiger partial charge in [0.1, 0.15) is 6.61 Å². The number of carbonyl (C=O) groups excluding carboxylic acids is 1. The summed E-state index contributed by atoms with van der Waals surface area (Å²) < 4.78 is 4.86. The molecule has 0 radical (unpaired) electrons. The van der Waals surface area contributed by atoms with Crippen molar-refractivity contribution < 1.29 is 9.53 Å². The Morgan fingerprint density at radius 1 is 1.50 bits per heavy atom. The topological polar surface area (TPSA) is 41.6 Å². The van der Waals surface area contributed by atoms with Gasteiger partial charge in [0, 0.05) is 18.4 Å². The van der Waals surface area contributed by atoms with Crippen molar-refractivity contribution in [2.45, 2.75) is 0 Å². The van der Waals surface area contributed by atoms with E-state index >= 15 is 0 Å². The first-order chi connectivity index (χ1) is 6.81. The standard InChI is InChI=1S/C10H12N2O2/c1-11-8-3-2-4-9(7-8)12-5-6-14-10(12)13/h2-4,7,11H,5-6H2,1H3. The molecule has 1 aromatic rings. The summed E-state index contributed by atoms with van der Waals surface area (Å²) in [7, 11) is 1.85. The molecule has 1 aromatic carbocycles. The smallest absolute Gasteiger partial charge is 0.414 e. The summed E-state index contributed by atoms with van der Waals surface area (Å²) in [6, 6.07) is 7.68. The highest BCUT2D eigenvalue weighted by Crippen LogP contribution is 2.21. The molecule has 0 aromatic heterocycles. The average Bonchev–Trinajstić information content (AvgIpc) is 2.65. The van der Waals surface area contributed by atoms with Crippen LogP contribution >= 0.6 is 0 Å². The van der Waals surface area contributed by atoms with Crippen LogP contribution in [0.2, 0.25) is 0 Å². The Kier molecular flexibility index (Phi) is 2.26. The second-order valence-electron chi connectivity index (χ2n) is 3.07. The van der Waals surface area contributed by atoms with Crippen LogP contribution < -0.4 is 10.2 Å². The summed E-state index contributed by atoms with van der Waals surface area (Å²) in [6.45, 7) is 1.11. The zero-order chi connectivity index (χ0) is 9.97. The summed E-state index contributed by atoms with van der Waals surface area (Å²) in [5.41, 5.74) is 1.86. The molecule has 0 atom stereocenters. The minimum Gasteiger partial charge on any atom is -0.447 e. The van der Waals surface area contributed by atoms with E-state index < -0.39 is 0 Å². The maximum Gasteiger partial charge on any atom is 0.414 e. The summed E-state index contributed by atoms with van der Waals surface area (Å²) in [5.74, 6) is 0. The molecule has 1 heterocycles. The van der Waals surface area contributed by atoms with Crippen LogP contribution in [-0.4, -0.2) is 26.3 Å². The number of benzene rings is 1. The Labute approximate surface area is 82.5 Å². The third kappa shape index (κ3) is 1.51. The molecular formula is C10H12N2O2. The summed E-state index contributed by atoms with van der Waals surface area (Å²) in [5, 5.41) is 3.03. The van der Waals surface area contributed by atoms with Crippen LogP contribution in [0.5, 0.6) is 0 Å². The van der Waals surface area contributed by atoms with Crippen molar-refractivity contribution in [2.75, 3.05) is 30.4 Å². The Bertz CT molecular complexity index is 352. The number of anilines is 2. The quantitative estimate of drug-likeness (QED) is 0.775. The van der Waals surface area contributed by atoms with E-state index in [9.17, 15) is 4.79 Å². The van der Waals surface area contributed by atoms with Gasteiger partial charge in [0.25, 0.3) is 0 Å². The molecule has 2 rings (SSSR count). The van der Waals surface area contributed by atoms with Crippen LogP contribution in [0.15, 0.2) is 24.3 Å². The Hall–Kier alpha value is -1.71. The fraction of sp³-hybridized carbons (Fsp3) is 0.300. The van der Waals surface area contributed by atoms with Gasteiger partial charge in [0.15, 0.2) is 0 Å². The van der Waals surface area contributed by atoms with Crippen LogP contribution in [0.3, 0.4) is 0 Å². The molecule has 1 amide bonds. The molecule has 0 saturated carbocycles. The van der Waals surface area contributed by atoms with Crippen molar-refractivity contribution in [2.24, 2.45) is 0 Å². The molecule has 0 aliphatic carbocycles. The molecule has 1 aliphatic heterocycles. The molecular weight excluding hydrogens is 180 g/mol. The molecule has 1 saturated heterocycles. The lowest BCUT2D eigenvalue weighted by Crippen LogP contribution is -2.23. The lowest BCUT2D eigenvalue weighted by Gasteiger charge is -2.13. The van der Waals surface area contributed by atoms with Crippen LogP contribution in [0.1, 0.15) is 0 Å². The maximum absolute atomic E-state index is 11.3. The van der Waals surface area contributed by atoms with Crippen molar-refractivity contribution in [3.05, 3.63) is 24.3 Å². The van der Waals surface area contributed by atoms with Gasteiger partial charge in [0.2, 0.25) is 0 Å². The fourth-order valence-electron chi connectivity index (χ4n) is 1.46. The summed E-state index contributed by atoms with van der Waals surface area (Å²) in [4.78, 5) is 12.9. The van der Waals surface area contributed by atoms with Gasteiger partial charge in [-0.2, -0.15) is 0 Å². The average molecular weight is 192 g/mol. The van der Waals surface area contributed by atoms with E-state index in [4.69, 9.17) is 4.74 Å². The monoisotopic (exact) mass is 192 g/mol. The second kappa shape index (κ2) is 3.57. The molecule has 0 unspecified atom stereocenters. The van der Waals surface area contributed by atoms with E-state index in [-0.39, 0.29) is 6.09 Å². The number of amides is 1. The molecule has 4 nitrogen and oxygen atoms in total. The third-order valence-corrected chi connectivity index (χ3v) is 2.21. The van der Waals surface area contributed by atoms with Gasteiger partial charge < -0.3 is 10.1 Å². The van der Waals surface area contributed by atoms with Crippen LogP contribution in [0.25, 0.3) is 0 Å². The Morgan fingerprint density at radius 3 is 3.00 bits per heavy atom. The zero-order valence-electron chi connectivity index (χ0n) is 7.99. The van der Waals surface area contributed by atoms with Gasteiger partial charge in [0.05, 0.1) is 6.54 Å². The lowest BCUT2D eigenvalue weighted by molar-refractivity contribution is 0.181. The fourth-order valence-corrected chi connectivity index (χ4v) is 1.46. The number of nitrogens with one attached hydrogen (secondary N) is 1. The van der Waals surface area contributed by atoms with Gasteiger partial charge in [-0.25, -0.2) is 4.79 Å². The van der Waals surface area contributed by atoms with Crippen molar-refractivity contribution in [1.82, 2.24) is 0 Å². The number of carbonyl (C=O) groups is 1. The third-order valence-electron chi connectivity index (χ3n) is 2.21. The number of rotatable bonds is 2. The minimum atomic E-state index is -0.266. The van der Waals surface area contributed by atoms with Crippen molar-refractivity contribution >= 4 is 17.5 Å². The first-order valence-corrected chi connectivity index (χ1v) is 4.53. The van der Waals surface area contributed by atoms with E-state index in [1.54, 1.807) is 4.90 Å². The second-order valence-corrected chi connectivity index (χ2v) is 3.07. The van der Waals surface area contributed by atoms with Gasteiger partial charge >= 0.3 is 6.09 Å². The summed E-state index contributed by atoms with van der Waals surface area (Å²) in [6.07, 6.45) is -0.266. The first-order valence-electron chi connectivity index (χ1n) is 4.53. The molecule has 1 N–H and O–H groups in total. The van der Waals surface area contributed by atoms with Crippen LogP contribution in [0.4, 0.5) is 16.2 Å². The van der Waals surface area contributed by atoms with Crippen molar-refractivity contribution in [3.63, 3.8) is 0 Å². The minimum absolute atomic E-state index is 0.266. The van der Waals surface area contributed by atoms with E-state index in [1.165, 1.54) is 0 Å². The Morgan fingerprint density at radius 2 is 2.36 bits per heavy atom. The largest absolute Gasteiger partial charge is 0.447 e. The molecule has 74 valence electrons. The Balaban J connectivity index is 2.26. The van der Waals surface area contributed by atoms with Crippen LogP contribution in [0, 0.1) is 0 Å². The van der Waals surface area contributed by atoms with Gasteiger partial charge in [-0.1, -0.05) is 6.07 Å². The maximum atomic E-state index is 11.3. The zero-order valence-corrected chi connectivity index (χ0v) is 7.99. The molecule has 1 aliphatic rings. The highest BCUT2D eigenvalue weighted by molar-refractivity contribution is 5.89. The summed E-state index contributed by atoms with van der Waals surface area (Å²) >= 11 is 0. The number of hydrogen-bond acceptors (Lipinski definition) is 3. The molecule has 4 heteroatoms. The normalized spacial score (nSPS) is 15.5. The van der Waals surface area contributed by atoms with Crippen LogP contribution in [-0.2, 0) is 4.74 Å². The SMILES string of the molecule is CNc1cccc(N2CCOC2=O)c1. The highest BCUT2D eigenvalue weighted by Gasteiger charge is 2.23. The lowest BCUT2D eigenvalue weighted by atomic mass is 10.2. The predicted octanol–water partition coefficient (Wildman–Crippen LogP) is 1.68. The highest BCUT2D eigenvalue weighted by atomic mass is 16.6. The number of cyclic esters (lactones) is 1. The van der Waals surface area contributed by atoms with Gasteiger partial charge in [-0.15, -0.1) is 0 Å². The molecule has 0 bridgehead atoms. The van der Waals surface area contributed by atoms with Gasteiger partial charge in [-0.3, -0.25) is 4.90 Å². The predicted molar refractivity (Wildman–Crippen MR) is 54.7 cm³/mol. The van der Waals surface area contributed by atoms with E-state index in [0.717, 1.165) is 11.4 Å². The molecule has 0 spiro atoms. The number of hydrogen-bond donors (Lipinski definition) is 1. The molecule has 1 fully saturated rings. The van der Waals surface area contributed by atoms with Crippen molar-refractivity contribution in [1.29, 1.82) is 0 Å². The van der Waals surface area contributed by atoms with E-state index in [2.05, 4.69) is 5.32 Å². The number of ether oxygens (including phenoxy) is 1. The van der Waals surface area contributed by atoms with E-state index in [1.807, 2.05) is 31.3 Å². The van der Waals surface area contributed by atoms with E-state index in [0.29, 0.717) is 13.2 Å². The number of nitrogens with zero attached hydrogens (tertiary/aromatic N) is 1. The van der Waals surface area contributed by atoms with Crippen molar-refractivity contribution in [3.8, 4) is 0 Å².